The van der Waals surface area contributed by atoms with Crippen LogP contribution < -0.4 is 0 Å². The molecule has 0 N–H and O–H groups in total. The number of hydrogen-bond acceptors (Lipinski definition) is 3. The Labute approximate surface area is 64.4 Å². The number of thiocarbonyl (C=S) groups is 1. The standard InChI is InChI=1S/C6H7N3S/c1-2-9-4-3-7-6(9)8-5-10/h3-4H,2H2,1H3. The van der Waals surface area contributed by atoms with Gasteiger partial charge in [0.25, 0.3) is 0 Å². The van der Waals surface area contributed by atoms with Crippen molar-refractivity contribution < 1.29 is 0 Å². The van der Waals surface area contributed by atoms with E-state index >= 15 is 0 Å². The Hall–Kier alpha value is -0.990. The van der Waals surface area contributed by atoms with E-state index in [1.165, 1.54) is 0 Å². The lowest BCUT2D eigenvalue weighted by Gasteiger charge is -1.94. The Morgan fingerprint density at radius 2 is 2.70 bits per heavy atom. The van der Waals surface area contributed by atoms with Crippen LogP contribution in [0.15, 0.2) is 17.4 Å². The van der Waals surface area contributed by atoms with Crippen LogP contribution in [0.4, 0.5) is 5.95 Å². The molecule has 0 atom stereocenters. The zero-order chi connectivity index (χ0) is 7.40. The molecule has 0 saturated carbocycles. The fourth-order valence-electron chi connectivity index (χ4n) is 0.702. The van der Waals surface area contributed by atoms with E-state index in [-0.39, 0.29) is 0 Å². The highest BCUT2D eigenvalue weighted by Gasteiger charge is 1.94. The maximum atomic E-state index is 4.44. The molecule has 0 unspecified atom stereocenters. The molecule has 0 saturated heterocycles. The van der Waals surface area contributed by atoms with E-state index in [1.54, 1.807) is 6.20 Å². The molecule has 52 valence electrons. The first-order chi connectivity index (χ1) is 4.88. The van der Waals surface area contributed by atoms with Gasteiger partial charge in [-0.05, 0) is 19.1 Å². The predicted molar refractivity (Wildman–Crippen MR) is 42.6 cm³/mol. The number of aliphatic imine (C=N–C) groups is 1. The highest BCUT2D eigenvalue weighted by molar-refractivity contribution is 7.78. The second-order valence-corrected chi connectivity index (χ2v) is 1.90. The van der Waals surface area contributed by atoms with Gasteiger partial charge in [-0.1, -0.05) is 0 Å². The van der Waals surface area contributed by atoms with Crippen molar-refractivity contribution >= 4 is 23.3 Å². The van der Waals surface area contributed by atoms with Crippen LogP contribution in [0.2, 0.25) is 0 Å². The summed E-state index contributed by atoms with van der Waals surface area (Å²) in [4.78, 5) is 7.70. The van der Waals surface area contributed by atoms with Crippen molar-refractivity contribution in [2.45, 2.75) is 13.5 Å². The van der Waals surface area contributed by atoms with Gasteiger partial charge in [0.2, 0.25) is 5.95 Å². The monoisotopic (exact) mass is 153 g/mol. The number of aryl methyl sites for hydroxylation is 1. The zero-order valence-electron chi connectivity index (χ0n) is 5.61. The molecule has 0 spiro atoms. The van der Waals surface area contributed by atoms with Gasteiger partial charge >= 0.3 is 0 Å². The fourth-order valence-corrected chi connectivity index (χ4v) is 0.784. The van der Waals surface area contributed by atoms with Crippen LogP contribution in [0.3, 0.4) is 0 Å². The minimum absolute atomic E-state index is 0.623. The minimum Gasteiger partial charge on any atom is -0.315 e. The lowest BCUT2D eigenvalue weighted by molar-refractivity contribution is 0.766. The molecule has 1 aromatic heterocycles. The molecule has 1 rings (SSSR count). The van der Waals surface area contributed by atoms with Crippen LogP contribution in [0, 0.1) is 0 Å². The van der Waals surface area contributed by atoms with Crippen LogP contribution in [-0.4, -0.2) is 14.7 Å². The Balaban J connectivity index is 3.00. The summed E-state index contributed by atoms with van der Waals surface area (Å²) < 4.78 is 1.89. The van der Waals surface area contributed by atoms with Gasteiger partial charge in [-0.3, -0.25) is 0 Å². The summed E-state index contributed by atoms with van der Waals surface area (Å²) in [5.74, 6) is 0.623. The third-order valence-electron chi connectivity index (χ3n) is 1.18. The Kier molecular flexibility index (Phi) is 2.31. The van der Waals surface area contributed by atoms with Crippen molar-refractivity contribution in [2.24, 2.45) is 4.99 Å². The first-order valence-electron chi connectivity index (χ1n) is 2.97. The van der Waals surface area contributed by atoms with Crippen LogP contribution in [-0.2, 0) is 6.54 Å². The molecule has 0 aromatic carbocycles. The number of rotatable bonds is 2. The number of nitrogens with zero attached hydrogens (tertiary/aromatic N) is 3. The highest BCUT2D eigenvalue weighted by atomic mass is 32.1. The van der Waals surface area contributed by atoms with E-state index in [2.05, 4.69) is 27.4 Å². The molecule has 0 aliphatic heterocycles. The molecule has 0 radical (unpaired) electrons. The number of hydrogen-bond donors (Lipinski definition) is 0. The van der Waals surface area contributed by atoms with E-state index in [9.17, 15) is 0 Å². The first kappa shape index (κ1) is 7.12. The van der Waals surface area contributed by atoms with E-state index < -0.39 is 0 Å². The quantitative estimate of drug-likeness (QED) is 0.477. The summed E-state index contributed by atoms with van der Waals surface area (Å²) >= 11 is 4.44. The van der Waals surface area contributed by atoms with Crippen molar-refractivity contribution in [3.05, 3.63) is 12.4 Å². The lowest BCUT2D eigenvalue weighted by atomic mass is 10.7. The number of isothiocyanates is 1. The van der Waals surface area contributed by atoms with Gasteiger partial charge < -0.3 is 4.57 Å². The van der Waals surface area contributed by atoms with Crippen LogP contribution in [0.5, 0.6) is 0 Å². The van der Waals surface area contributed by atoms with Gasteiger partial charge in [0, 0.05) is 18.9 Å². The van der Waals surface area contributed by atoms with Gasteiger partial charge in [0.15, 0.2) is 0 Å². The third-order valence-corrected chi connectivity index (χ3v) is 1.27. The van der Waals surface area contributed by atoms with E-state index in [4.69, 9.17) is 0 Å². The van der Waals surface area contributed by atoms with Crippen molar-refractivity contribution in [3.8, 4) is 0 Å². The molecular weight excluding hydrogens is 146 g/mol. The maximum absolute atomic E-state index is 4.44. The fraction of sp³-hybridized carbons (Fsp3) is 0.333. The summed E-state index contributed by atoms with van der Waals surface area (Å²) in [7, 11) is 0. The third kappa shape index (κ3) is 1.29. The molecule has 4 heteroatoms. The minimum atomic E-state index is 0.623. The van der Waals surface area contributed by atoms with Crippen LogP contribution in [0.1, 0.15) is 6.92 Å². The second-order valence-electron chi connectivity index (χ2n) is 1.72. The first-order valence-corrected chi connectivity index (χ1v) is 3.38. The van der Waals surface area contributed by atoms with Gasteiger partial charge in [-0.15, -0.1) is 0 Å². The molecule has 10 heavy (non-hydrogen) atoms. The average molecular weight is 153 g/mol. The van der Waals surface area contributed by atoms with Crippen molar-refractivity contribution in [3.63, 3.8) is 0 Å². The summed E-state index contributed by atoms with van der Waals surface area (Å²) in [5, 5.41) is 2.27. The highest BCUT2D eigenvalue weighted by Crippen LogP contribution is 2.05. The Bertz CT molecular complexity index is 260. The van der Waals surface area contributed by atoms with Crippen LogP contribution in [0.25, 0.3) is 0 Å². The molecule has 0 amide bonds. The number of imidazole rings is 1. The lowest BCUT2D eigenvalue weighted by Crippen LogP contribution is -1.89. The van der Waals surface area contributed by atoms with E-state index in [0.717, 1.165) is 6.54 Å². The van der Waals surface area contributed by atoms with Gasteiger partial charge in [0.05, 0.1) is 5.16 Å². The smallest absolute Gasteiger partial charge is 0.238 e. The van der Waals surface area contributed by atoms with Crippen molar-refractivity contribution in [2.75, 3.05) is 0 Å². The predicted octanol–water partition coefficient (Wildman–Crippen LogP) is 1.64. The summed E-state index contributed by atoms with van der Waals surface area (Å²) in [6.07, 6.45) is 3.54. The SMILES string of the molecule is CCn1ccnc1N=C=S. The topological polar surface area (TPSA) is 30.2 Å². The summed E-state index contributed by atoms with van der Waals surface area (Å²) in [6.45, 7) is 2.87. The second kappa shape index (κ2) is 3.25. The molecule has 0 bridgehead atoms. The Morgan fingerprint density at radius 3 is 3.30 bits per heavy atom. The van der Waals surface area contributed by atoms with Crippen LogP contribution >= 0.6 is 12.2 Å². The summed E-state index contributed by atoms with van der Waals surface area (Å²) in [6, 6.07) is 0. The van der Waals surface area contributed by atoms with Gasteiger partial charge in [0.1, 0.15) is 0 Å². The molecule has 1 aromatic rings. The van der Waals surface area contributed by atoms with E-state index in [0.29, 0.717) is 5.95 Å². The van der Waals surface area contributed by atoms with Crippen molar-refractivity contribution in [1.82, 2.24) is 9.55 Å². The molecule has 1 heterocycles. The number of aromatic nitrogens is 2. The summed E-state index contributed by atoms with van der Waals surface area (Å²) in [5.41, 5.74) is 0. The molecule has 0 aliphatic carbocycles. The maximum Gasteiger partial charge on any atom is 0.238 e. The molecule has 3 nitrogen and oxygen atoms in total. The van der Waals surface area contributed by atoms with Gasteiger partial charge in [-0.2, -0.15) is 4.99 Å². The van der Waals surface area contributed by atoms with Gasteiger partial charge in [-0.25, -0.2) is 4.98 Å². The normalized spacial score (nSPS) is 8.90. The molecular formula is C6H7N3S. The zero-order valence-corrected chi connectivity index (χ0v) is 6.43. The average Bonchev–Trinajstić information content (AvgIpc) is 2.36. The van der Waals surface area contributed by atoms with Crippen molar-refractivity contribution in [1.29, 1.82) is 0 Å². The Morgan fingerprint density at radius 1 is 1.90 bits per heavy atom. The molecule has 0 aliphatic rings. The molecule has 0 fully saturated rings. The largest absolute Gasteiger partial charge is 0.315 e. The van der Waals surface area contributed by atoms with E-state index in [1.807, 2.05) is 17.7 Å².